The fraction of sp³-hybridized carbons (Fsp3) is 0. The smallest absolute Gasteiger partial charge is 0.167 e. The minimum atomic E-state index is 0.517. The van der Waals surface area contributed by atoms with Crippen LogP contribution in [0.1, 0.15) is 0 Å². The summed E-state index contributed by atoms with van der Waals surface area (Å²) in [7, 11) is 0. The van der Waals surface area contributed by atoms with Crippen LogP contribution < -0.4 is 0 Å². The van der Waals surface area contributed by atoms with Crippen molar-refractivity contribution in [2.45, 2.75) is 0 Å². The van der Waals surface area contributed by atoms with Crippen LogP contribution in [0.3, 0.4) is 0 Å². The summed E-state index contributed by atoms with van der Waals surface area (Å²) >= 11 is 1.82. The van der Waals surface area contributed by atoms with E-state index in [0.717, 1.165) is 88.4 Å². The van der Waals surface area contributed by atoms with Crippen molar-refractivity contribution in [1.82, 2.24) is 19.5 Å². The molecule has 0 aliphatic heterocycles. The molecule has 0 saturated carbocycles. The van der Waals surface area contributed by atoms with Gasteiger partial charge < -0.3 is 13.4 Å². The zero-order valence-corrected chi connectivity index (χ0v) is 37.0. The second-order valence-electron chi connectivity index (χ2n) is 17.5. The van der Waals surface area contributed by atoms with Gasteiger partial charge in [-0.3, -0.25) is 0 Å². The van der Waals surface area contributed by atoms with Crippen molar-refractivity contribution in [3.63, 3.8) is 0 Å². The van der Waals surface area contributed by atoms with E-state index in [4.69, 9.17) is 23.8 Å². The van der Waals surface area contributed by atoms with Crippen molar-refractivity contribution in [2.24, 2.45) is 0 Å². The lowest BCUT2D eigenvalue weighted by Crippen LogP contribution is -2.02. The predicted molar refractivity (Wildman–Crippen MR) is 281 cm³/mol. The van der Waals surface area contributed by atoms with Gasteiger partial charge in [-0.05, 0) is 101 Å². The van der Waals surface area contributed by atoms with E-state index in [2.05, 4.69) is 156 Å². The van der Waals surface area contributed by atoms with E-state index in [0.29, 0.717) is 17.5 Å². The van der Waals surface area contributed by atoms with E-state index in [-0.39, 0.29) is 0 Å². The average Bonchev–Trinajstić information content (AvgIpc) is 4.16. The summed E-state index contributed by atoms with van der Waals surface area (Å²) in [5, 5.41) is 11.3. The fourth-order valence-electron chi connectivity index (χ4n) is 10.6. The Labute approximate surface area is 391 Å². The van der Waals surface area contributed by atoms with Crippen LogP contribution in [0.25, 0.3) is 148 Å². The molecule has 0 saturated heterocycles. The topological polar surface area (TPSA) is 69.9 Å². The molecule has 5 aromatic heterocycles. The lowest BCUT2D eigenvalue weighted by atomic mass is 9.96. The summed E-state index contributed by atoms with van der Waals surface area (Å²) in [6.07, 6.45) is 0. The molecule has 0 aliphatic carbocycles. The summed E-state index contributed by atoms with van der Waals surface area (Å²) in [4.78, 5) is 16.3. The van der Waals surface area contributed by atoms with Gasteiger partial charge in [0.2, 0.25) is 0 Å². The maximum absolute atomic E-state index is 6.64. The molecule has 10 aromatic carbocycles. The fourth-order valence-corrected chi connectivity index (χ4v) is 11.6. The highest BCUT2D eigenvalue weighted by Crippen LogP contribution is 2.44. The molecule has 0 amide bonds. The first-order valence-corrected chi connectivity index (χ1v) is 23.6. The second-order valence-corrected chi connectivity index (χ2v) is 18.6. The Morgan fingerprint density at radius 3 is 1.85 bits per heavy atom. The maximum atomic E-state index is 6.64. The Hall–Kier alpha value is -8.91. The molecule has 0 radical (unpaired) electrons. The molecule has 15 aromatic rings. The van der Waals surface area contributed by atoms with Gasteiger partial charge in [-0.2, -0.15) is 0 Å². The van der Waals surface area contributed by atoms with Crippen LogP contribution in [0.15, 0.2) is 215 Å². The quantitative estimate of drug-likeness (QED) is 0.172. The lowest BCUT2D eigenvalue weighted by Gasteiger charge is -2.16. The van der Waals surface area contributed by atoms with Gasteiger partial charge in [0.15, 0.2) is 17.5 Å². The number of furan rings is 2. The molecule has 0 atom stereocenters. The standard InChI is InChI=1S/C61H34N4O2S/c1-2-14-36-33-51-48(31-35(36)13-1)39-15-3-7-22-50(39)65(51)38-28-29-43(47(34-38)37-27-30-56-49(32-37)41-17-6-10-26-55(41)68-56)59-62-60(45-20-12-25-54-57(45)44-18-5-9-24-53(44)66-54)64-61(63-59)46-21-11-19-42-40-16-4-8-23-52(40)67-58(42)46/h1-34H. The zero-order chi connectivity index (χ0) is 44.5. The van der Waals surface area contributed by atoms with E-state index in [1.54, 1.807) is 0 Å². The van der Waals surface area contributed by atoms with Gasteiger partial charge in [0, 0.05) is 69.3 Å². The van der Waals surface area contributed by atoms with Crippen molar-refractivity contribution >= 4 is 108 Å². The van der Waals surface area contributed by atoms with Crippen LogP contribution in [-0.4, -0.2) is 19.5 Å². The van der Waals surface area contributed by atoms with Crippen molar-refractivity contribution in [1.29, 1.82) is 0 Å². The Kier molecular flexibility index (Phi) is 7.85. The Balaban J connectivity index is 1.03. The van der Waals surface area contributed by atoms with Gasteiger partial charge in [0.05, 0.1) is 16.6 Å². The Bertz CT molecular complexity index is 4590. The molecule has 6 nitrogen and oxygen atoms in total. The van der Waals surface area contributed by atoms with Crippen molar-refractivity contribution < 1.29 is 8.83 Å². The molecule has 316 valence electrons. The Morgan fingerprint density at radius 2 is 0.985 bits per heavy atom. The number of thiophene rings is 1. The summed E-state index contributed by atoms with van der Waals surface area (Å²) in [5.74, 6) is 1.61. The van der Waals surface area contributed by atoms with Gasteiger partial charge >= 0.3 is 0 Å². The highest BCUT2D eigenvalue weighted by molar-refractivity contribution is 7.25. The van der Waals surface area contributed by atoms with E-state index >= 15 is 0 Å². The summed E-state index contributed by atoms with van der Waals surface area (Å²) in [5.41, 5.74) is 11.0. The first-order valence-electron chi connectivity index (χ1n) is 22.7. The number of hydrogen-bond acceptors (Lipinski definition) is 6. The van der Waals surface area contributed by atoms with Crippen molar-refractivity contribution in [2.75, 3.05) is 0 Å². The number of benzene rings is 10. The summed E-state index contributed by atoms with van der Waals surface area (Å²) in [6.45, 7) is 0. The largest absolute Gasteiger partial charge is 0.456 e. The van der Waals surface area contributed by atoms with Crippen LogP contribution in [-0.2, 0) is 0 Å². The molecule has 0 bridgehead atoms. The third kappa shape index (κ3) is 5.54. The SMILES string of the molecule is c1ccc2cc3c(cc2c1)c1ccccc1n3-c1ccc(-c2nc(-c3cccc4c3oc3ccccc34)nc(-c3cccc4oc5ccccc5c34)n2)c(-c2ccc3sc4ccccc4c3c2)c1. The maximum Gasteiger partial charge on any atom is 0.167 e. The second kappa shape index (κ2) is 14.3. The van der Waals surface area contributed by atoms with Crippen LogP contribution in [0, 0.1) is 0 Å². The predicted octanol–water partition coefficient (Wildman–Crippen LogP) is 17.0. The third-order valence-corrected chi connectivity index (χ3v) is 14.8. The van der Waals surface area contributed by atoms with Crippen molar-refractivity contribution in [3.05, 3.63) is 206 Å². The first-order chi connectivity index (χ1) is 33.7. The molecule has 0 unspecified atom stereocenters. The molecule has 15 rings (SSSR count). The van der Waals surface area contributed by atoms with E-state index in [9.17, 15) is 0 Å². The van der Waals surface area contributed by atoms with Gasteiger partial charge in [0.25, 0.3) is 0 Å². The molecular weight excluding hydrogens is 853 g/mol. The molecule has 0 aliphatic rings. The van der Waals surface area contributed by atoms with E-state index < -0.39 is 0 Å². The van der Waals surface area contributed by atoms with Crippen molar-refractivity contribution in [3.8, 4) is 51.0 Å². The molecule has 7 heteroatoms. The number of rotatable bonds is 5. The highest BCUT2D eigenvalue weighted by Gasteiger charge is 2.23. The number of aromatic nitrogens is 4. The monoisotopic (exact) mass is 886 g/mol. The van der Waals surface area contributed by atoms with Gasteiger partial charge in [0.1, 0.15) is 22.3 Å². The van der Waals surface area contributed by atoms with Crippen LogP contribution in [0.2, 0.25) is 0 Å². The van der Waals surface area contributed by atoms with Crippen LogP contribution in [0.5, 0.6) is 0 Å². The normalized spacial score (nSPS) is 12.1. The van der Waals surface area contributed by atoms with E-state index in [1.807, 2.05) is 65.9 Å². The number of para-hydroxylation sites is 4. The van der Waals surface area contributed by atoms with Gasteiger partial charge in [-0.25, -0.2) is 15.0 Å². The summed E-state index contributed by atoms with van der Waals surface area (Å²) < 4.78 is 18.0. The molecule has 0 spiro atoms. The number of nitrogens with zero attached hydrogens (tertiary/aromatic N) is 4. The molecule has 0 fully saturated rings. The highest BCUT2D eigenvalue weighted by atomic mass is 32.1. The molecule has 0 N–H and O–H groups in total. The lowest BCUT2D eigenvalue weighted by molar-refractivity contribution is 0.668. The Morgan fingerprint density at radius 1 is 0.353 bits per heavy atom. The summed E-state index contributed by atoms with van der Waals surface area (Å²) in [6, 6.07) is 72.8. The van der Waals surface area contributed by atoms with Gasteiger partial charge in [-0.15, -0.1) is 11.3 Å². The van der Waals surface area contributed by atoms with Gasteiger partial charge in [-0.1, -0.05) is 127 Å². The molecule has 5 heterocycles. The minimum absolute atomic E-state index is 0.517. The third-order valence-electron chi connectivity index (χ3n) is 13.7. The number of hydrogen-bond donors (Lipinski definition) is 0. The van der Waals surface area contributed by atoms with Crippen LogP contribution >= 0.6 is 11.3 Å². The number of fused-ring (bicyclic) bond motifs is 13. The minimum Gasteiger partial charge on any atom is -0.456 e. The van der Waals surface area contributed by atoms with Crippen LogP contribution in [0.4, 0.5) is 0 Å². The zero-order valence-electron chi connectivity index (χ0n) is 36.1. The molecule has 68 heavy (non-hydrogen) atoms. The van der Waals surface area contributed by atoms with E-state index in [1.165, 1.54) is 41.7 Å². The first kappa shape index (κ1) is 37.3. The molecular formula is C61H34N4O2S. The average molecular weight is 887 g/mol.